The van der Waals surface area contributed by atoms with Crippen LogP contribution in [0.2, 0.25) is 0 Å². The number of rotatable bonds is 2. The summed E-state index contributed by atoms with van der Waals surface area (Å²) in [6, 6.07) is 5.84. The number of fused-ring (bicyclic) bond motifs is 1. The summed E-state index contributed by atoms with van der Waals surface area (Å²) in [4.78, 5) is 11.6. The minimum Gasteiger partial charge on any atom is -0.477 e. The van der Waals surface area contributed by atoms with Crippen LogP contribution in [0, 0.1) is 0 Å². The van der Waals surface area contributed by atoms with E-state index in [2.05, 4.69) is 19.2 Å². The lowest BCUT2D eigenvalue weighted by molar-refractivity contribution is -0.123. The van der Waals surface area contributed by atoms with E-state index in [4.69, 9.17) is 10.5 Å². The van der Waals surface area contributed by atoms with E-state index in [1.54, 1.807) is 0 Å². The number of carbonyl (C=O) groups excluding carboxylic acids is 1. The highest BCUT2D eigenvalue weighted by molar-refractivity contribution is 5.98. The molecule has 3 N–H and O–H groups in total. The van der Waals surface area contributed by atoms with Crippen molar-refractivity contribution >= 4 is 11.6 Å². The van der Waals surface area contributed by atoms with Crippen molar-refractivity contribution in [3.05, 3.63) is 23.8 Å². The Morgan fingerprint density at radius 3 is 2.88 bits per heavy atom. The fourth-order valence-corrected chi connectivity index (χ4v) is 1.68. The smallest absolute Gasteiger partial charge is 0.266 e. The molecule has 1 atom stereocenters. The molecule has 4 nitrogen and oxygen atoms in total. The second-order valence-corrected chi connectivity index (χ2v) is 4.24. The predicted octanol–water partition coefficient (Wildman–Crippen LogP) is 1.47. The van der Waals surface area contributed by atoms with Gasteiger partial charge in [0.2, 0.25) is 0 Å². The molecule has 0 aromatic heterocycles. The van der Waals surface area contributed by atoms with Crippen LogP contribution in [0.1, 0.15) is 25.3 Å². The molecule has 1 amide bonds. The molecular weight excluding hydrogens is 204 g/mol. The fraction of sp³-hybridized carbons (Fsp3) is 0.417. The van der Waals surface area contributed by atoms with E-state index >= 15 is 0 Å². The number of nitrogens with two attached hydrogens (primary N) is 1. The lowest BCUT2D eigenvalue weighted by Gasteiger charge is -2.25. The van der Waals surface area contributed by atoms with Gasteiger partial charge in [-0.05, 0) is 23.6 Å². The summed E-state index contributed by atoms with van der Waals surface area (Å²) < 4.78 is 5.49. The molecule has 1 aliphatic heterocycles. The molecule has 86 valence electrons. The summed E-state index contributed by atoms with van der Waals surface area (Å²) in [6.07, 6.45) is -0.572. The van der Waals surface area contributed by atoms with Crippen LogP contribution in [-0.4, -0.2) is 18.6 Å². The Bertz CT molecular complexity index is 415. The van der Waals surface area contributed by atoms with Crippen molar-refractivity contribution in [2.24, 2.45) is 5.73 Å². The van der Waals surface area contributed by atoms with E-state index in [9.17, 15) is 4.79 Å². The molecule has 16 heavy (non-hydrogen) atoms. The van der Waals surface area contributed by atoms with Gasteiger partial charge in [0.1, 0.15) is 5.75 Å². The summed E-state index contributed by atoms with van der Waals surface area (Å²) in [6.45, 7) is 4.41. The molecule has 0 saturated carbocycles. The van der Waals surface area contributed by atoms with Gasteiger partial charge in [0.05, 0.1) is 5.69 Å². The van der Waals surface area contributed by atoms with E-state index < -0.39 is 6.10 Å². The van der Waals surface area contributed by atoms with Gasteiger partial charge >= 0.3 is 0 Å². The lowest BCUT2D eigenvalue weighted by atomic mass is 10.0. The van der Waals surface area contributed by atoms with Crippen molar-refractivity contribution in [3.8, 4) is 5.75 Å². The second kappa shape index (κ2) is 4.14. The molecule has 0 radical (unpaired) electrons. The SMILES string of the molecule is CC(C)c1ccc2c(c1)NC(=O)C(CN)O2. The normalized spacial score (nSPS) is 19.0. The quantitative estimate of drug-likeness (QED) is 0.793. The monoisotopic (exact) mass is 220 g/mol. The molecule has 2 rings (SSSR count). The zero-order chi connectivity index (χ0) is 11.7. The summed E-state index contributed by atoms with van der Waals surface area (Å²) in [5, 5.41) is 2.81. The third-order valence-corrected chi connectivity index (χ3v) is 2.70. The van der Waals surface area contributed by atoms with Crippen LogP contribution in [-0.2, 0) is 4.79 Å². The molecule has 1 aromatic rings. The Hall–Kier alpha value is -1.55. The number of anilines is 1. The van der Waals surface area contributed by atoms with Crippen molar-refractivity contribution in [1.29, 1.82) is 0 Å². The first kappa shape index (κ1) is 11.0. The van der Waals surface area contributed by atoms with Gasteiger partial charge in [-0.15, -0.1) is 0 Å². The standard InChI is InChI=1S/C12H16N2O2/c1-7(2)8-3-4-10-9(5-8)14-12(15)11(6-13)16-10/h3-5,7,11H,6,13H2,1-2H3,(H,14,15). The number of nitrogens with one attached hydrogen (secondary N) is 1. The van der Waals surface area contributed by atoms with Gasteiger partial charge in [-0.1, -0.05) is 19.9 Å². The van der Waals surface area contributed by atoms with Crippen LogP contribution in [0.15, 0.2) is 18.2 Å². The van der Waals surface area contributed by atoms with Gasteiger partial charge in [0.15, 0.2) is 6.10 Å². The molecule has 0 fully saturated rings. The van der Waals surface area contributed by atoms with Crippen molar-refractivity contribution in [2.45, 2.75) is 25.9 Å². The zero-order valence-electron chi connectivity index (χ0n) is 9.49. The Morgan fingerprint density at radius 2 is 2.25 bits per heavy atom. The maximum Gasteiger partial charge on any atom is 0.266 e. The summed E-state index contributed by atoms with van der Waals surface area (Å²) in [5.41, 5.74) is 7.35. The minimum absolute atomic E-state index is 0.170. The summed E-state index contributed by atoms with van der Waals surface area (Å²) in [7, 11) is 0. The molecule has 4 heteroatoms. The lowest BCUT2D eigenvalue weighted by Crippen LogP contribution is -2.42. The van der Waals surface area contributed by atoms with Crippen molar-refractivity contribution in [1.82, 2.24) is 0 Å². The van der Waals surface area contributed by atoms with Crippen molar-refractivity contribution < 1.29 is 9.53 Å². The third kappa shape index (κ3) is 1.88. The topological polar surface area (TPSA) is 64.4 Å². The van der Waals surface area contributed by atoms with Gasteiger partial charge in [-0.3, -0.25) is 4.79 Å². The van der Waals surface area contributed by atoms with Gasteiger partial charge in [0, 0.05) is 6.54 Å². The van der Waals surface area contributed by atoms with E-state index in [0.717, 1.165) is 5.69 Å². The van der Waals surface area contributed by atoms with Crippen LogP contribution in [0.5, 0.6) is 5.75 Å². The average Bonchev–Trinajstić information content (AvgIpc) is 2.27. The van der Waals surface area contributed by atoms with Crippen LogP contribution >= 0.6 is 0 Å². The molecular formula is C12H16N2O2. The third-order valence-electron chi connectivity index (χ3n) is 2.70. The number of amides is 1. The average molecular weight is 220 g/mol. The summed E-state index contributed by atoms with van der Waals surface area (Å²) in [5.74, 6) is 0.949. The van der Waals surface area contributed by atoms with E-state index in [1.807, 2.05) is 18.2 Å². The van der Waals surface area contributed by atoms with E-state index in [0.29, 0.717) is 11.7 Å². The number of ether oxygens (including phenoxy) is 1. The first-order chi connectivity index (χ1) is 7.61. The van der Waals surface area contributed by atoms with Crippen LogP contribution in [0.3, 0.4) is 0 Å². The van der Waals surface area contributed by atoms with Gasteiger partial charge < -0.3 is 15.8 Å². The molecule has 1 aromatic carbocycles. The number of hydrogen-bond acceptors (Lipinski definition) is 3. The first-order valence-electron chi connectivity index (χ1n) is 5.43. The molecule has 0 spiro atoms. The Kier molecular flexibility index (Phi) is 2.83. The molecule has 0 aliphatic carbocycles. The Balaban J connectivity index is 2.32. The molecule has 1 unspecified atom stereocenters. The van der Waals surface area contributed by atoms with Gasteiger partial charge in [-0.25, -0.2) is 0 Å². The number of benzene rings is 1. The Labute approximate surface area is 94.8 Å². The predicted molar refractivity (Wildman–Crippen MR) is 62.6 cm³/mol. The van der Waals surface area contributed by atoms with Crippen LogP contribution in [0.25, 0.3) is 0 Å². The highest BCUT2D eigenvalue weighted by Crippen LogP contribution is 2.32. The Morgan fingerprint density at radius 1 is 1.50 bits per heavy atom. The highest BCUT2D eigenvalue weighted by Gasteiger charge is 2.26. The largest absolute Gasteiger partial charge is 0.477 e. The van der Waals surface area contributed by atoms with Gasteiger partial charge in [-0.2, -0.15) is 0 Å². The fourth-order valence-electron chi connectivity index (χ4n) is 1.68. The molecule has 0 bridgehead atoms. The van der Waals surface area contributed by atoms with Crippen LogP contribution < -0.4 is 15.8 Å². The van der Waals surface area contributed by atoms with Crippen molar-refractivity contribution in [2.75, 3.05) is 11.9 Å². The van der Waals surface area contributed by atoms with Gasteiger partial charge in [0.25, 0.3) is 5.91 Å². The first-order valence-corrected chi connectivity index (χ1v) is 5.43. The molecule has 1 aliphatic rings. The number of hydrogen-bond donors (Lipinski definition) is 2. The maximum atomic E-state index is 11.6. The minimum atomic E-state index is -0.572. The van der Waals surface area contributed by atoms with Crippen molar-refractivity contribution in [3.63, 3.8) is 0 Å². The molecule has 0 saturated heterocycles. The van der Waals surface area contributed by atoms with Crippen LogP contribution in [0.4, 0.5) is 5.69 Å². The maximum absolute atomic E-state index is 11.6. The zero-order valence-corrected chi connectivity index (χ0v) is 9.49. The van der Waals surface area contributed by atoms with E-state index in [-0.39, 0.29) is 12.5 Å². The highest BCUT2D eigenvalue weighted by atomic mass is 16.5. The second-order valence-electron chi connectivity index (χ2n) is 4.24. The van der Waals surface area contributed by atoms with E-state index in [1.165, 1.54) is 5.56 Å². The number of carbonyl (C=O) groups is 1. The molecule has 1 heterocycles. The summed E-state index contributed by atoms with van der Waals surface area (Å²) >= 11 is 0.